The summed E-state index contributed by atoms with van der Waals surface area (Å²) in [6.45, 7) is 14.0. The van der Waals surface area contributed by atoms with Crippen molar-refractivity contribution in [2.45, 2.75) is 60.5 Å². The molecule has 0 fully saturated rings. The minimum atomic E-state index is -0.595. The molecule has 0 atom stereocenters. The summed E-state index contributed by atoms with van der Waals surface area (Å²) in [5.41, 5.74) is -0.533. The van der Waals surface area contributed by atoms with Gasteiger partial charge in [0.1, 0.15) is 5.60 Å². The van der Waals surface area contributed by atoms with E-state index in [9.17, 15) is 9.59 Å². The lowest BCUT2D eigenvalue weighted by Gasteiger charge is -2.23. The van der Waals surface area contributed by atoms with Crippen LogP contribution in [0.1, 0.15) is 54.9 Å². The maximum atomic E-state index is 12.1. The van der Waals surface area contributed by atoms with Crippen LogP contribution >= 0.6 is 0 Å². The third kappa shape index (κ3) is 10.8. The summed E-state index contributed by atoms with van der Waals surface area (Å²) < 4.78 is 10.1. The van der Waals surface area contributed by atoms with E-state index in [1.54, 1.807) is 27.7 Å². The summed E-state index contributed by atoms with van der Waals surface area (Å²) >= 11 is 0. The largest absolute Gasteiger partial charge is 0.463 e. The van der Waals surface area contributed by atoms with Crippen LogP contribution in [0.25, 0.3) is 0 Å². The van der Waals surface area contributed by atoms with Gasteiger partial charge in [-0.25, -0.2) is 9.59 Å². The zero-order valence-electron chi connectivity index (χ0n) is 14.3. The number of hydrogen-bond donors (Lipinski definition) is 1. The number of esters is 1. The van der Waals surface area contributed by atoms with Crippen molar-refractivity contribution in [1.29, 1.82) is 0 Å². The normalized spacial score (nSPS) is 12.3. The Morgan fingerprint density at radius 2 is 1.71 bits per heavy atom. The van der Waals surface area contributed by atoms with E-state index < -0.39 is 17.7 Å². The van der Waals surface area contributed by atoms with Gasteiger partial charge in [0.2, 0.25) is 0 Å². The van der Waals surface area contributed by atoms with E-state index in [1.165, 1.54) is 5.01 Å². The zero-order chi connectivity index (χ0) is 16.7. The SMILES string of the molecule is CCOC(=O)/C=[NH+]/N(CCC(C)(C)C)C(=O)OC(C)(C)C. The summed E-state index contributed by atoms with van der Waals surface area (Å²) in [7, 11) is 0. The van der Waals surface area contributed by atoms with Gasteiger partial charge >= 0.3 is 12.1 Å². The Balaban J connectivity index is 4.84. The summed E-state index contributed by atoms with van der Waals surface area (Å²) in [6.07, 6.45) is 1.36. The molecule has 21 heavy (non-hydrogen) atoms. The fraction of sp³-hybridized carbons (Fsp3) is 0.800. The van der Waals surface area contributed by atoms with Gasteiger partial charge in [0, 0.05) is 0 Å². The minimum absolute atomic E-state index is 0.0614. The molecule has 0 aromatic rings. The number of hydrogen-bond acceptors (Lipinski definition) is 4. The van der Waals surface area contributed by atoms with Crippen LogP contribution in [0.5, 0.6) is 0 Å². The number of nitrogens with one attached hydrogen (secondary N) is 1. The first-order valence-electron chi connectivity index (χ1n) is 7.21. The van der Waals surface area contributed by atoms with Gasteiger partial charge in [0.05, 0.1) is 13.2 Å². The lowest BCUT2D eigenvalue weighted by atomic mass is 9.92. The number of amides is 1. The third-order valence-electron chi connectivity index (χ3n) is 2.32. The van der Waals surface area contributed by atoms with Crippen molar-refractivity contribution in [1.82, 2.24) is 5.01 Å². The third-order valence-corrected chi connectivity index (χ3v) is 2.32. The minimum Gasteiger partial charge on any atom is -0.458 e. The molecule has 0 rings (SSSR count). The molecule has 0 bridgehead atoms. The van der Waals surface area contributed by atoms with Crippen LogP contribution < -0.4 is 5.10 Å². The lowest BCUT2D eigenvalue weighted by Crippen LogP contribution is -2.84. The topological polar surface area (TPSA) is 69.8 Å². The number of hydrazine groups is 1. The number of carbonyl (C=O) groups excluding carboxylic acids is 2. The van der Waals surface area contributed by atoms with Crippen molar-refractivity contribution in [3.8, 4) is 0 Å². The van der Waals surface area contributed by atoms with E-state index in [2.05, 4.69) is 25.9 Å². The van der Waals surface area contributed by atoms with Crippen LogP contribution in [0.3, 0.4) is 0 Å². The molecule has 1 N–H and O–H groups in total. The molecule has 0 saturated carbocycles. The molecule has 0 aromatic carbocycles. The van der Waals surface area contributed by atoms with Crippen LogP contribution in [-0.4, -0.2) is 42.0 Å². The standard InChI is InChI=1S/C15H28N2O4/c1-8-20-12(18)11-16-17(10-9-14(2,3)4)13(19)21-15(5,6)7/h11H,8-10H2,1-7H3/p+1/b16-11+. The average Bonchev–Trinajstić information content (AvgIpc) is 2.25. The molecule has 0 aromatic heterocycles. The Morgan fingerprint density at radius 3 is 2.14 bits per heavy atom. The molecule has 122 valence electrons. The number of carbonyl (C=O) groups is 2. The fourth-order valence-electron chi connectivity index (χ4n) is 1.29. The number of rotatable bonds is 5. The van der Waals surface area contributed by atoms with Crippen molar-refractivity contribution >= 4 is 18.3 Å². The molecule has 0 unspecified atom stereocenters. The molecule has 0 radical (unpaired) electrons. The monoisotopic (exact) mass is 301 g/mol. The highest BCUT2D eigenvalue weighted by Crippen LogP contribution is 2.18. The Hall–Kier alpha value is -1.59. The van der Waals surface area contributed by atoms with Crippen molar-refractivity contribution in [3.63, 3.8) is 0 Å². The molecule has 6 heteroatoms. The predicted molar refractivity (Wildman–Crippen MR) is 80.7 cm³/mol. The van der Waals surface area contributed by atoms with E-state index in [0.717, 1.165) is 12.6 Å². The second kappa shape index (κ2) is 8.00. The first kappa shape index (κ1) is 19.4. The molecule has 0 spiro atoms. The molecule has 0 aliphatic carbocycles. The molecule has 1 amide bonds. The van der Waals surface area contributed by atoms with Crippen molar-refractivity contribution in [2.75, 3.05) is 13.2 Å². The summed E-state index contributed by atoms with van der Waals surface area (Å²) in [5, 5.41) is 3.94. The molecule has 6 nitrogen and oxygen atoms in total. The zero-order valence-corrected chi connectivity index (χ0v) is 14.3. The van der Waals surface area contributed by atoms with Crippen LogP contribution in [0.15, 0.2) is 0 Å². The number of hydrazone groups is 1. The van der Waals surface area contributed by atoms with Gasteiger partial charge in [-0.2, -0.15) is 0 Å². The van der Waals surface area contributed by atoms with Crippen molar-refractivity contribution < 1.29 is 24.2 Å². The average molecular weight is 301 g/mol. The van der Waals surface area contributed by atoms with E-state index in [0.29, 0.717) is 6.54 Å². The van der Waals surface area contributed by atoms with Gasteiger partial charge in [-0.05, 0) is 39.5 Å². The molecular formula is C15H29N2O4+. The van der Waals surface area contributed by atoms with Gasteiger partial charge in [0.15, 0.2) is 0 Å². The first-order chi connectivity index (χ1) is 9.44. The van der Waals surface area contributed by atoms with Crippen LogP contribution in [0.4, 0.5) is 4.79 Å². The Labute approximate surface area is 127 Å². The van der Waals surface area contributed by atoms with Gasteiger partial charge in [0.25, 0.3) is 6.21 Å². The molecule has 0 heterocycles. The highest BCUT2D eigenvalue weighted by atomic mass is 16.6. The molecule has 0 saturated heterocycles. The second-order valence-electron chi connectivity index (χ2n) is 6.97. The highest BCUT2D eigenvalue weighted by Gasteiger charge is 2.26. The Morgan fingerprint density at radius 1 is 1.14 bits per heavy atom. The van der Waals surface area contributed by atoms with E-state index >= 15 is 0 Å². The maximum Gasteiger partial charge on any atom is 0.463 e. The number of ether oxygens (including phenoxy) is 2. The maximum absolute atomic E-state index is 12.1. The number of nitrogens with zero attached hydrogens (tertiary/aromatic N) is 1. The van der Waals surface area contributed by atoms with Crippen LogP contribution in [0.2, 0.25) is 0 Å². The summed E-state index contributed by atoms with van der Waals surface area (Å²) in [4.78, 5) is 23.5. The smallest absolute Gasteiger partial charge is 0.458 e. The summed E-state index contributed by atoms with van der Waals surface area (Å²) in [5.74, 6) is -0.526. The van der Waals surface area contributed by atoms with E-state index in [1.807, 2.05) is 0 Å². The highest BCUT2D eigenvalue weighted by molar-refractivity contribution is 6.20. The second-order valence-corrected chi connectivity index (χ2v) is 6.97. The quantitative estimate of drug-likeness (QED) is 0.472. The van der Waals surface area contributed by atoms with Gasteiger partial charge in [-0.3, -0.25) is 0 Å². The van der Waals surface area contributed by atoms with E-state index in [4.69, 9.17) is 9.47 Å². The predicted octanol–water partition coefficient (Wildman–Crippen LogP) is 1.29. The van der Waals surface area contributed by atoms with Gasteiger partial charge < -0.3 is 9.47 Å². The van der Waals surface area contributed by atoms with Gasteiger partial charge in [-0.15, -0.1) is 5.10 Å². The first-order valence-corrected chi connectivity index (χ1v) is 7.21. The van der Waals surface area contributed by atoms with Crippen molar-refractivity contribution in [2.24, 2.45) is 5.41 Å². The van der Waals surface area contributed by atoms with Gasteiger partial charge in [-0.1, -0.05) is 25.8 Å². The molecule has 0 aliphatic rings. The summed E-state index contributed by atoms with van der Waals surface area (Å²) in [6, 6.07) is 0. The molecular weight excluding hydrogens is 272 g/mol. The fourth-order valence-corrected chi connectivity index (χ4v) is 1.29. The Kier molecular flexibility index (Phi) is 7.39. The van der Waals surface area contributed by atoms with Crippen LogP contribution in [-0.2, 0) is 14.3 Å². The van der Waals surface area contributed by atoms with Crippen LogP contribution in [0, 0.1) is 5.41 Å². The lowest BCUT2D eigenvalue weighted by molar-refractivity contribution is -0.620. The Bertz CT molecular complexity index is 378. The molecule has 0 aliphatic heterocycles. The van der Waals surface area contributed by atoms with Crippen molar-refractivity contribution in [3.05, 3.63) is 0 Å². The van der Waals surface area contributed by atoms with E-state index in [-0.39, 0.29) is 12.0 Å².